The third-order valence-electron chi connectivity index (χ3n) is 1.92. The highest BCUT2D eigenvalue weighted by Crippen LogP contribution is 2.29. The molecule has 1 aromatic rings. The lowest BCUT2D eigenvalue weighted by atomic mass is 10.2. The van der Waals surface area contributed by atoms with E-state index in [1.54, 1.807) is 0 Å². The minimum Gasteiger partial charge on any atom is -0.467 e. The number of alkyl halides is 3. The van der Waals surface area contributed by atoms with Gasteiger partial charge in [-0.15, -0.1) is 13.2 Å². The molecule has 0 heterocycles. The Labute approximate surface area is 106 Å². The van der Waals surface area contributed by atoms with Gasteiger partial charge in [0.1, 0.15) is 17.1 Å². The fraction of sp³-hybridized carbons (Fsp3) is 0.364. The van der Waals surface area contributed by atoms with Crippen molar-refractivity contribution in [3.63, 3.8) is 0 Å². The van der Waals surface area contributed by atoms with Gasteiger partial charge in [0.25, 0.3) is 0 Å². The monoisotopic (exact) mass is 280 g/mol. The van der Waals surface area contributed by atoms with E-state index in [1.165, 1.54) is 7.11 Å². The van der Waals surface area contributed by atoms with Crippen molar-refractivity contribution in [3.05, 3.63) is 23.8 Å². The van der Waals surface area contributed by atoms with Crippen molar-refractivity contribution in [2.45, 2.75) is 6.36 Å². The van der Waals surface area contributed by atoms with Crippen LogP contribution in [0.4, 0.5) is 13.2 Å². The van der Waals surface area contributed by atoms with Crippen LogP contribution >= 0.6 is 0 Å². The predicted molar refractivity (Wildman–Crippen MR) is 57.0 cm³/mol. The second-order valence-corrected chi connectivity index (χ2v) is 3.25. The maximum atomic E-state index is 12.1. The smallest absolute Gasteiger partial charge is 0.467 e. The largest absolute Gasteiger partial charge is 0.573 e. The molecule has 106 valence electrons. The van der Waals surface area contributed by atoms with Crippen molar-refractivity contribution in [3.8, 4) is 11.5 Å². The highest BCUT2D eigenvalue weighted by atomic mass is 19.4. The zero-order valence-electron chi connectivity index (χ0n) is 10.1. The zero-order valence-corrected chi connectivity index (χ0v) is 10.1. The summed E-state index contributed by atoms with van der Waals surface area (Å²) in [5.41, 5.74) is -0.0333. The molecule has 0 bridgehead atoms. The van der Waals surface area contributed by atoms with E-state index in [1.807, 2.05) is 0 Å². The van der Waals surface area contributed by atoms with Crippen molar-refractivity contribution in [2.75, 3.05) is 21.0 Å². The highest BCUT2D eigenvalue weighted by molar-refractivity contribution is 5.92. The van der Waals surface area contributed by atoms with Gasteiger partial charge in [0.05, 0.1) is 7.11 Å². The summed E-state index contributed by atoms with van der Waals surface area (Å²) in [7, 11) is 2.47. The molecule has 0 saturated carbocycles. The summed E-state index contributed by atoms with van der Waals surface area (Å²) in [4.78, 5) is 11.4. The molecule has 0 aliphatic carbocycles. The number of hydrogen-bond donors (Lipinski definition) is 0. The van der Waals surface area contributed by atoms with Gasteiger partial charge in [0.15, 0.2) is 6.79 Å². The molecule has 19 heavy (non-hydrogen) atoms. The quantitative estimate of drug-likeness (QED) is 0.612. The molecule has 0 aliphatic heterocycles. The van der Waals surface area contributed by atoms with Crippen molar-refractivity contribution < 1.29 is 36.9 Å². The third-order valence-corrected chi connectivity index (χ3v) is 1.92. The Kier molecular flexibility index (Phi) is 4.99. The van der Waals surface area contributed by atoms with E-state index in [4.69, 9.17) is 4.74 Å². The molecule has 0 spiro atoms. The molecular weight excluding hydrogens is 269 g/mol. The van der Waals surface area contributed by atoms with E-state index < -0.39 is 18.1 Å². The molecule has 8 heteroatoms. The lowest BCUT2D eigenvalue weighted by molar-refractivity contribution is -0.274. The van der Waals surface area contributed by atoms with E-state index >= 15 is 0 Å². The maximum Gasteiger partial charge on any atom is 0.573 e. The number of esters is 1. The van der Waals surface area contributed by atoms with Gasteiger partial charge < -0.3 is 18.9 Å². The number of carbonyl (C=O) groups is 1. The van der Waals surface area contributed by atoms with Gasteiger partial charge in [-0.1, -0.05) is 0 Å². The standard InChI is InChI=1S/C11H11F3O5/c1-16-6-18-9-5-7(19-11(12,13)14)3-4-8(9)10(15)17-2/h3-5H,6H2,1-2H3. The van der Waals surface area contributed by atoms with E-state index in [-0.39, 0.29) is 18.1 Å². The first-order chi connectivity index (χ1) is 8.87. The third kappa shape index (κ3) is 4.66. The van der Waals surface area contributed by atoms with Gasteiger partial charge in [-0.3, -0.25) is 0 Å². The average Bonchev–Trinajstić information content (AvgIpc) is 2.33. The van der Waals surface area contributed by atoms with Gasteiger partial charge in [-0.05, 0) is 12.1 Å². The highest BCUT2D eigenvalue weighted by Gasteiger charge is 2.31. The molecule has 0 fully saturated rings. The summed E-state index contributed by atoms with van der Waals surface area (Å²) in [6.45, 7) is -0.237. The Hall–Kier alpha value is -1.96. The summed E-state index contributed by atoms with van der Waals surface area (Å²) < 4.78 is 54.0. The topological polar surface area (TPSA) is 54.0 Å². The van der Waals surface area contributed by atoms with Gasteiger partial charge in [-0.2, -0.15) is 0 Å². The fourth-order valence-electron chi connectivity index (χ4n) is 1.22. The van der Waals surface area contributed by atoms with Crippen LogP contribution in [0, 0.1) is 0 Å². The Balaban J connectivity index is 3.04. The fourth-order valence-corrected chi connectivity index (χ4v) is 1.22. The van der Waals surface area contributed by atoms with E-state index in [0.29, 0.717) is 0 Å². The number of methoxy groups -OCH3 is 2. The number of benzene rings is 1. The molecule has 0 aromatic heterocycles. The molecule has 0 aliphatic rings. The van der Waals surface area contributed by atoms with Crippen LogP contribution in [0.3, 0.4) is 0 Å². The first-order valence-corrected chi connectivity index (χ1v) is 4.97. The molecule has 0 N–H and O–H groups in total. The number of hydrogen-bond acceptors (Lipinski definition) is 5. The molecule has 0 saturated heterocycles. The molecule has 1 aromatic carbocycles. The van der Waals surface area contributed by atoms with Crippen LogP contribution in [0.5, 0.6) is 11.5 Å². The predicted octanol–water partition coefficient (Wildman–Crippen LogP) is 2.35. The molecular formula is C11H11F3O5. The van der Waals surface area contributed by atoms with Crippen LogP contribution in [0.25, 0.3) is 0 Å². The van der Waals surface area contributed by atoms with Crippen molar-refractivity contribution >= 4 is 5.97 Å². The molecule has 0 atom stereocenters. The lowest BCUT2D eigenvalue weighted by Gasteiger charge is -2.13. The lowest BCUT2D eigenvalue weighted by Crippen LogP contribution is -2.17. The van der Waals surface area contributed by atoms with Gasteiger partial charge >= 0.3 is 12.3 Å². The zero-order chi connectivity index (χ0) is 14.5. The maximum absolute atomic E-state index is 12.1. The van der Waals surface area contributed by atoms with Crippen LogP contribution in [0.2, 0.25) is 0 Å². The van der Waals surface area contributed by atoms with Gasteiger partial charge in [-0.25, -0.2) is 4.79 Å². The van der Waals surface area contributed by atoms with E-state index in [0.717, 1.165) is 25.3 Å². The summed E-state index contributed by atoms with van der Waals surface area (Å²) in [6, 6.07) is 3.02. The average molecular weight is 280 g/mol. The minimum absolute atomic E-state index is 0.0333. The number of ether oxygens (including phenoxy) is 4. The van der Waals surface area contributed by atoms with Crippen LogP contribution in [-0.4, -0.2) is 33.3 Å². The van der Waals surface area contributed by atoms with Crippen molar-refractivity contribution in [2.24, 2.45) is 0 Å². The van der Waals surface area contributed by atoms with Crippen molar-refractivity contribution in [1.29, 1.82) is 0 Å². The molecule has 1 rings (SSSR count). The Morgan fingerprint density at radius 1 is 1.26 bits per heavy atom. The second kappa shape index (κ2) is 6.28. The minimum atomic E-state index is -4.83. The van der Waals surface area contributed by atoms with Gasteiger partial charge in [0, 0.05) is 13.2 Å². The second-order valence-electron chi connectivity index (χ2n) is 3.25. The van der Waals surface area contributed by atoms with E-state index in [2.05, 4.69) is 14.2 Å². The molecule has 0 unspecified atom stereocenters. The summed E-state index contributed by atoms with van der Waals surface area (Å²) in [6.07, 6.45) is -4.83. The van der Waals surface area contributed by atoms with E-state index in [9.17, 15) is 18.0 Å². The van der Waals surface area contributed by atoms with Crippen molar-refractivity contribution in [1.82, 2.24) is 0 Å². The molecule has 0 amide bonds. The van der Waals surface area contributed by atoms with Crippen LogP contribution in [-0.2, 0) is 9.47 Å². The SMILES string of the molecule is COCOc1cc(OC(F)(F)F)ccc1C(=O)OC. The first-order valence-electron chi connectivity index (χ1n) is 4.97. The Morgan fingerprint density at radius 2 is 1.95 bits per heavy atom. The summed E-state index contributed by atoms with van der Waals surface area (Å²) >= 11 is 0. The Morgan fingerprint density at radius 3 is 2.47 bits per heavy atom. The Bertz CT molecular complexity index is 444. The molecule has 0 radical (unpaired) electrons. The number of carbonyl (C=O) groups excluding carboxylic acids is 1. The first kappa shape index (κ1) is 15.1. The summed E-state index contributed by atoms with van der Waals surface area (Å²) in [5.74, 6) is -1.38. The number of halogens is 3. The number of rotatable bonds is 5. The normalized spacial score (nSPS) is 11.0. The summed E-state index contributed by atoms with van der Waals surface area (Å²) in [5, 5.41) is 0. The van der Waals surface area contributed by atoms with Crippen LogP contribution in [0.15, 0.2) is 18.2 Å². The van der Waals surface area contributed by atoms with Crippen LogP contribution in [0.1, 0.15) is 10.4 Å². The van der Waals surface area contributed by atoms with Crippen LogP contribution < -0.4 is 9.47 Å². The van der Waals surface area contributed by atoms with Gasteiger partial charge in [0.2, 0.25) is 0 Å². The molecule has 5 nitrogen and oxygen atoms in total.